The molecule has 1 aliphatic rings. The molecule has 0 bridgehead atoms. The molecule has 0 N–H and O–H groups in total. The van der Waals surface area contributed by atoms with Crippen molar-refractivity contribution in [3.63, 3.8) is 0 Å². The van der Waals surface area contributed by atoms with Crippen LogP contribution >= 0.6 is 0 Å². The van der Waals surface area contributed by atoms with Crippen molar-refractivity contribution in [2.24, 2.45) is 0 Å². The number of nitrogens with zero attached hydrogens (tertiary/aromatic N) is 2. The van der Waals surface area contributed by atoms with Gasteiger partial charge >= 0.3 is 5.97 Å². The summed E-state index contributed by atoms with van der Waals surface area (Å²) in [6.07, 6.45) is -0.327. The van der Waals surface area contributed by atoms with Gasteiger partial charge in [0.1, 0.15) is 18.1 Å². The monoisotopic (exact) mass is 384 g/mol. The molecule has 140 valence electrons. The lowest BCUT2D eigenvalue weighted by Gasteiger charge is -2.21. The van der Waals surface area contributed by atoms with Crippen LogP contribution in [-0.2, 0) is 35.2 Å². The standard InChI is InChI=1S/C15H16N2O8S/c1-24-15(19)14-12(9-18)13(25-26(2,22)23)8-16(14)7-10-3-5-11(6-4-10)17(20)21/h3-6,13-14H,7-8H2,1-2H3/t13-,14-/m0/s1. The van der Waals surface area contributed by atoms with E-state index in [4.69, 9.17) is 4.18 Å². The Hall–Kier alpha value is -2.59. The maximum atomic E-state index is 12.1. The Labute approximate surface area is 149 Å². The molecule has 1 aliphatic heterocycles. The van der Waals surface area contributed by atoms with Crippen molar-refractivity contribution in [2.45, 2.75) is 18.7 Å². The van der Waals surface area contributed by atoms with Crippen LogP contribution in [0.15, 0.2) is 29.8 Å². The third kappa shape index (κ3) is 4.52. The van der Waals surface area contributed by atoms with Crippen LogP contribution < -0.4 is 0 Å². The minimum atomic E-state index is -3.87. The van der Waals surface area contributed by atoms with Crippen molar-refractivity contribution in [3.05, 3.63) is 45.5 Å². The molecule has 1 saturated heterocycles. The number of nitro groups is 1. The van der Waals surface area contributed by atoms with Crippen LogP contribution in [0.1, 0.15) is 5.56 Å². The number of non-ortho nitro benzene ring substituents is 1. The average molecular weight is 384 g/mol. The van der Waals surface area contributed by atoms with Gasteiger partial charge in [-0.25, -0.2) is 9.59 Å². The molecule has 0 radical (unpaired) electrons. The molecule has 2 rings (SSSR count). The van der Waals surface area contributed by atoms with E-state index in [-0.39, 0.29) is 24.4 Å². The first-order valence-corrected chi connectivity index (χ1v) is 9.16. The van der Waals surface area contributed by atoms with Crippen molar-refractivity contribution in [3.8, 4) is 0 Å². The van der Waals surface area contributed by atoms with Gasteiger partial charge in [0.2, 0.25) is 0 Å². The largest absolute Gasteiger partial charge is 0.468 e. The number of esters is 1. The zero-order valence-electron chi connectivity index (χ0n) is 13.9. The van der Waals surface area contributed by atoms with Gasteiger partial charge in [0.15, 0.2) is 0 Å². The SMILES string of the molecule is COC(=O)[C@@H]1C(=C=O)[C@@H](OS(C)(=O)=O)CN1Cc1ccc([N+](=O)[O-])cc1. The summed E-state index contributed by atoms with van der Waals surface area (Å²) in [5.41, 5.74) is 0.352. The highest BCUT2D eigenvalue weighted by Crippen LogP contribution is 2.28. The number of likely N-dealkylation sites (tertiary alicyclic amines) is 1. The van der Waals surface area contributed by atoms with Crippen molar-refractivity contribution < 1.29 is 31.9 Å². The lowest BCUT2D eigenvalue weighted by atomic mass is 10.1. The minimum absolute atomic E-state index is 0.0611. The fraction of sp³-hybridized carbons (Fsp3) is 0.400. The Bertz CT molecular complexity index is 858. The highest BCUT2D eigenvalue weighted by Gasteiger charge is 2.45. The molecule has 10 nitrogen and oxygen atoms in total. The van der Waals surface area contributed by atoms with Crippen LogP contribution in [0.2, 0.25) is 0 Å². The molecule has 1 fully saturated rings. The molecule has 2 atom stereocenters. The van der Waals surface area contributed by atoms with Gasteiger partial charge in [-0.3, -0.25) is 19.2 Å². The van der Waals surface area contributed by atoms with Gasteiger partial charge in [0, 0.05) is 25.2 Å². The minimum Gasteiger partial charge on any atom is -0.468 e. The smallest absolute Gasteiger partial charge is 0.328 e. The van der Waals surface area contributed by atoms with Crippen LogP contribution in [0.5, 0.6) is 0 Å². The number of carbonyl (C=O) groups is 1. The van der Waals surface area contributed by atoms with Gasteiger partial charge in [-0.15, -0.1) is 0 Å². The number of ether oxygens (including phenoxy) is 1. The maximum Gasteiger partial charge on any atom is 0.328 e. The Morgan fingerprint density at radius 2 is 2.00 bits per heavy atom. The Balaban J connectivity index is 2.30. The summed E-state index contributed by atoms with van der Waals surface area (Å²) in [5, 5.41) is 10.7. The topological polar surface area (TPSA) is 133 Å². The highest BCUT2D eigenvalue weighted by atomic mass is 32.2. The molecule has 0 aliphatic carbocycles. The van der Waals surface area contributed by atoms with Gasteiger partial charge in [0.05, 0.1) is 23.9 Å². The summed E-state index contributed by atoms with van der Waals surface area (Å²) in [6.45, 7) is 0.0565. The summed E-state index contributed by atoms with van der Waals surface area (Å²) in [7, 11) is -2.73. The predicted octanol–water partition coefficient (Wildman–Crippen LogP) is 0.0548. The average Bonchev–Trinajstić information content (AvgIpc) is 2.89. The van der Waals surface area contributed by atoms with Gasteiger partial charge in [-0.2, -0.15) is 8.42 Å². The molecule has 11 heteroatoms. The number of methoxy groups -OCH3 is 1. The molecule has 26 heavy (non-hydrogen) atoms. The van der Waals surface area contributed by atoms with Gasteiger partial charge in [-0.1, -0.05) is 12.1 Å². The van der Waals surface area contributed by atoms with Crippen LogP contribution in [0.25, 0.3) is 0 Å². The molecule has 1 aromatic rings. The number of carbonyl (C=O) groups excluding carboxylic acids is 2. The van der Waals surface area contributed by atoms with E-state index in [0.717, 1.165) is 13.4 Å². The van der Waals surface area contributed by atoms with Crippen molar-refractivity contribution in [1.29, 1.82) is 0 Å². The van der Waals surface area contributed by atoms with E-state index in [0.29, 0.717) is 5.56 Å². The predicted molar refractivity (Wildman–Crippen MR) is 88.2 cm³/mol. The maximum absolute atomic E-state index is 12.1. The fourth-order valence-electron chi connectivity index (χ4n) is 2.71. The molecule has 0 spiro atoms. The molecular formula is C15H16N2O8S. The first kappa shape index (κ1) is 19.7. The zero-order valence-corrected chi connectivity index (χ0v) is 14.8. The third-order valence-electron chi connectivity index (χ3n) is 3.77. The first-order chi connectivity index (χ1) is 12.2. The second-order valence-corrected chi connectivity index (χ2v) is 7.23. The zero-order chi connectivity index (χ0) is 19.5. The van der Waals surface area contributed by atoms with E-state index in [1.807, 2.05) is 0 Å². The van der Waals surface area contributed by atoms with Crippen LogP contribution in [0, 0.1) is 10.1 Å². The second kappa shape index (κ2) is 7.75. The molecule has 1 aromatic carbocycles. The van der Waals surface area contributed by atoms with Crippen LogP contribution in [0.3, 0.4) is 0 Å². The van der Waals surface area contributed by atoms with Crippen LogP contribution in [-0.4, -0.2) is 62.2 Å². The molecule has 0 saturated carbocycles. The van der Waals surface area contributed by atoms with Gasteiger partial charge < -0.3 is 4.74 Å². The normalized spacial score (nSPS) is 20.6. The van der Waals surface area contributed by atoms with Crippen molar-refractivity contribution >= 4 is 27.7 Å². The van der Waals surface area contributed by atoms with E-state index in [2.05, 4.69) is 4.74 Å². The van der Waals surface area contributed by atoms with E-state index in [9.17, 15) is 28.1 Å². The van der Waals surface area contributed by atoms with E-state index in [1.54, 1.807) is 5.94 Å². The van der Waals surface area contributed by atoms with E-state index in [1.165, 1.54) is 29.2 Å². The summed E-state index contributed by atoms with van der Waals surface area (Å²) < 4.78 is 32.4. The number of rotatable bonds is 6. The van der Waals surface area contributed by atoms with E-state index >= 15 is 0 Å². The highest BCUT2D eigenvalue weighted by molar-refractivity contribution is 7.86. The molecule has 0 aromatic heterocycles. The Kier molecular flexibility index (Phi) is 5.88. The Morgan fingerprint density at radius 3 is 2.46 bits per heavy atom. The molecule has 0 unspecified atom stereocenters. The lowest BCUT2D eigenvalue weighted by Crippen LogP contribution is -2.37. The summed E-state index contributed by atoms with van der Waals surface area (Å²) in [6, 6.07) is 4.46. The summed E-state index contributed by atoms with van der Waals surface area (Å²) in [5.74, 6) is 0.828. The van der Waals surface area contributed by atoms with Crippen molar-refractivity contribution in [2.75, 3.05) is 19.9 Å². The van der Waals surface area contributed by atoms with Crippen LogP contribution in [0.4, 0.5) is 5.69 Å². The number of hydrogen-bond donors (Lipinski definition) is 0. The number of hydrogen-bond acceptors (Lipinski definition) is 9. The molecular weight excluding hydrogens is 368 g/mol. The van der Waals surface area contributed by atoms with Gasteiger partial charge in [-0.05, 0) is 5.56 Å². The van der Waals surface area contributed by atoms with Crippen molar-refractivity contribution in [1.82, 2.24) is 4.90 Å². The number of benzene rings is 1. The molecule has 0 amide bonds. The summed E-state index contributed by atoms with van der Waals surface area (Å²) >= 11 is 0. The summed E-state index contributed by atoms with van der Waals surface area (Å²) in [4.78, 5) is 35.0. The van der Waals surface area contributed by atoms with E-state index < -0.39 is 33.2 Å². The number of nitro benzene ring substituents is 1. The molecule has 1 heterocycles. The third-order valence-corrected chi connectivity index (χ3v) is 4.35. The quantitative estimate of drug-likeness (QED) is 0.219. The van der Waals surface area contributed by atoms with Gasteiger partial charge in [0.25, 0.3) is 15.8 Å². The lowest BCUT2D eigenvalue weighted by molar-refractivity contribution is -0.384. The second-order valence-electron chi connectivity index (χ2n) is 5.63. The first-order valence-electron chi connectivity index (χ1n) is 7.34. The Morgan fingerprint density at radius 1 is 1.38 bits per heavy atom. The fourth-order valence-corrected chi connectivity index (χ4v) is 3.29.